The van der Waals surface area contributed by atoms with Crippen molar-refractivity contribution in [3.8, 4) is 23.0 Å². The van der Waals surface area contributed by atoms with E-state index in [2.05, 4.69) is 0 Å². The monoisotopic (exact) mass is 786 g/mol. The zero-order chi connectivity index (χ0) is 40.1. The largest absolute Gasteiger partial charge is 0.504 e. The molecule has 3 aliphatic heterocycles. The minimum atomic E-state index is -1.91. The molecule has 3 fully saturated rings. The Kier molecular flexibility index (Phi) is 14.3. The average Bonchev–Trinajstić information content (AvgIpc) is 3.16. The third-order valence-corrected chi connectivity index (χ3v) is 9.37. The van der Waals surface area contributed by atoms with Gasteiger partial charge in [0.1, 0.15) is 61.0 Å². The number of benzene rings is 2. The van der Waals surface area contributed by atoms with E-state index < -0.39 is 129 Å². The van der Waals surface area contributed by atoms with Gasteiger partial charge in [-0.3, -0.25) is 0 Å². The second-order valence-corrected chi connectivity index (χ2v) is 13.3. The molecular weight excluding hydrogens is 740 g/mol. The molecule has 306 valence electrons. The van der Waals surface area contributed by atoms with E-state index in [0.717, 1.165) is 12.1 Å². The lowest BCUT2D eigenvalue weighted by Gasteiger charge is -2.47. The molecule has 55 heavy (non-hydrogen) atoms. The molecule has 0 spiro atoms. The van der Waals surface area contributed by atoms with Crippen LogP contribution in [0.2, 0.25) is 0 Å². The first-order chi connectivity index (χ1) is 26.1. The molecule has 0 radical (unpaired) electrons. The van der Waals surface area contributed by atoms with Crippen molar-refractivity contribution in [3.05, 3.63) is 53.6 Å². The van der Waals surface area contributed by atoms with Crippen LogP contribution in [0.4, 0.5) is 0 Å². The third-order valence-electron chi connectivity index (χ3n) is 9.37. The summed E-state index contributed by atoms with van der Waals surface area (Å²) in [4.78, 5) is 13.1. The van der Waals surface area contributed by atoms with E-state index in [-0.39, 0.29) is 24.3 Å². The summed E-state index contributed by atoms with van der Waals surface area (Å²) in [6.45, 7) is -0.241. The molecule has 0 amide bonds. The topological polar surface area (TPSA) is 324 Å². The molecule has 15 atom stereocenters. The highest BCUT2D eigenvalue weighted by Crippen LogP contribution is 2.33. The van der Waals surface area contributed by atoms with Gasteiger partial charge in [0.25, 0.3) is 0 Å². The highest BCUT2D eigenvalue weighted by Gasteiger charge is 2.53. The maximum absolute atomic E-state index is 13.1. The van der Waals surface area contributed by atoms with Crippen LogP contribution in [-0.4, -0.2) is 179 Å². The maximum atomic E-state index is 13.1. The standard InChI is InChI=1S/C35H46O20/c1-14-24(42)26(44)29(47)34(51-14)55-31-22(13-50-33-28(46)27(45)25(43)21(12-36)52-33)53-35(49-9-8-16-3-6-18(38)20(40)11-16)32(30(31)48)54-23(41)7-4-15-2-5-17(37)19(39)10-15/h2-7,10-11,14,21-22,24-40,42-48H,8-9,12-13H2,1H3/t14-,21+,22+,24-,25+,26+,27-,28+,29+,30-,31+,32+,33+,34+,35+/m0/s1. The molecule has 0 unspecified atom stereocenters. The van der Waals surface area contributed by atoms with Crippen LogP contribution in [0.1, 0.15) is 18.1 Å². The van der Waals surface area contributed by atoms with Crippen LogP contribution in [-0.2, 0) is 44.4 Å². The van der Waals surface area contributed by atoms with Crippen molar-refractivity contribution in [2.75, 3.05) is 19.8 Å². The second-order valence-electron chi connectivity index (χ2n) is 13.3. The van der Waals surface area contributed by atoms with E-state index in [4.69, 9.17) is 33.2 Å². The van der Waals surface area contributed by atoms with Gasteiger partial charge in [-0.05, 0) is 54.8 Å². The fourth-order valence-electron chi connectivity index (χ4n) is 6.13. The number of esters is 1. The third kappa shape index (κ3) is 10.0. The van der Waals surface area contributed by atoms with Gasteiger partial charge in [0.15, 0.2) is 48.0 Å². The number of ether oxygens (including phenoxy) is 7. The zero-order valence-corrected chi connectivity index (χ0v) is 29.2. The minimum absolute atomic E-state index is 0.0981. The number of hydrogen-bond donors (Lipinski definition) is 12. The van der Waals surface area contributed by atoms with Gasteiger partial charge in [0.2, 0.25) is 0 Å². The summed E-state index contributed by atoms with van der Waals surface area (Å²) in [6, 6.07) is 7.77. The van der Waals surface area contributed by atoms with E-state index >= 15 is 0 Å². The first-order valence-electron chi connectivity index (χ1n) is 17.2. The Bertz CT molecular complexity index is 1610. The Hall–Kier alpha value is -3.71. The van der Waals surface area contributed by atoms with E-state index in [1.807, 2.05) is 0 Å². The Morgan fingerprint density at radius 3 is 1.98 bits per heavy atom. The van der Waals surface area contributed by atoms with Crippen molar-refractivity contribution in [2.45, 2.75) is 105 Å². The van der Waals surface area contributed by atoms with Gasteiger partial charge in [-0.15, -0.1) is 0 Å². The van der Waals surface area contributed by atoms with Gasteiger partial charge in [-0.1, -0.05) is 12.1 Å². The lowest BCUT2D eigenvalue weighted by molar-refractivity contribution is -0.365. The lowest BCUT2D eigenvalue weighted by atomic mass is 9.96. The molecule has 3 saturated heterocycles. The molecule has 3 heterocycles. The van der Waals surface area contributed by atoms with Crippen LogP contribution >= 0.6 is 0 Å². The molecule has 0 bridgehead atoms. The van der Waals surface area contributed by atoms with Crippen LogP contribution in [0.25, 0.3) is 6.08 Å². The van der Waals surface area contributed by atoms with Gasteiger partial charge in [-0.25, -0.2) is 4.79 Å². The molecule has 0 aromatic heterocycles. The summed E-state index contributed by atoms with van der Waals surface area (Å²) in [5.74, 6) is -2.68. The van der Waals surface area contributed by atoms with Crippen molar-refractivity contribution in [1.29, 1.82) is 0 Å². The summed E-state index contributed by atoms with van der Waals surface area (Å²) in [5.41, 5.74) is 0.782. The summed E-state index contributed by atoms with van der Waals surface area (Å²) in [6.07, 6.45) is -22.4. The molecule has 20 heteroatoms. The van der Waals surface area contributed by atoms with Gasteiger partial charge >= 0.3 is 5.97 Å². The van der Waals surface area contributed by atoms with Crippen LogP contribution in [0, 0.1) is 0 Å². The molecule has 0 aliphatic carbocycles. The Morgan fingerprint density at radius 1 is 0.673 bits per heavy atom. The fourth-order valence-corrected chi connectivity index (χ4v) is 6.13. The molecule has 0 saturated carbocycles. The molecule has 3 aliphatic rings. The molecule has 2 aromatic rings. The van der Waals surface area contributed by atoms with Crippen molar-refractivity contribution in [1.82, 2.24) is 0 Å². The first kappa shape index (κ1) is 42.4. The number of rotatable bonds is 13. The van der Waals surface area contributed by atoms with Gasteiger partial charge in [-0.2, -0.15) is 0 Å². The van der Waals surface area contributed by atoms with E-state index in [0.29, 0.717) is 5.56 Å². The summed E-state index contributed by atoms with van der Waals surface area (Å²) >= 11 is 0. The smallest absolute Gasteiger partial charge is 0.331 e. The second kappa shape index (κ2) is 18.5. The van der Waals surface area contributed by atoms with Crippen LogP contribution in [0.15, 0.2) is 42.5 Å². The van der Waals surface area contributed by atoms with Crippen LogP contribution in [0.5, 0.6) is 23.0 Å². The predicted molar refractivity (Wildman–Crippen MR) is 180 cm³/mol. The van der Waals surface area contributed by atoms with Crippen molar-refractivity contribution in [3.63, 3.8) is 0 Å². The number of aliphatic hydroxyl groups is 8. The van der Waals surface area contributed by atoms with E-state index in [9.17, 15) is 66.1 Å². The zero-order valence-electron chi connectivity index (χ0n) is 29.2. The van der Waals surface area contributed by atoms with Gasteiger partial charge < -0.3 is 94.4 Å². The number of hydrogen-bond acceptors (Lipinski definition) is 20. The quantitative estimate of drug-likeness (QED) is 0.0541. The number of aromatic hydroxyl groups is 4. The summed E-state index contributed by atoms with van der Waals surface area (Å²) in [7, 11) is 0. The average molecular weight is 787 g/mol. The first-order valence-corrected chi connectivity index (χ1v) is 17.2. The number of phenolic OH excluding ortho intramolecular Hbond substituents is 4. The fraction of sp³-hybridized carbons (Fsp3) is 0.571. The lowest BCUT2D eigenvalue weighted by Crippen LogP contribution is -2.65. The highest BCUT2D eigenvalue weighted by molar-refractivity contribution is 5.87. The molecule has 2 aromatic carbocycles. The van der Waals surface area contributed by atoms with Crippen molar-refractivity contribution >= 4 is 12.0 Å². The molecular formula is C35H46O20. The van der Waals surface area contributed by atoms with Crippen LogP contribution < -0.4 is 0 Å². The minimum Gasteiger partial charge on any atom is -0.504 e. The highest BCUT2D eigenvalue weighted by atomic mass is 16.8. The summed E-state index contributed by atoms with van der Waals surface area (Å²) < 4.78 is 40.1. The molecule has 5 rings (SSSR count). The van der Waals surface area contributed by atoms with Crippen molar-refractivity contribution in [2.24, 2.45) is 0 Å². The van der Waals surface area contributed by atoms with E-state index in [1.165, 1.54) is 43.3 Å². The Morgan fingerprint density at radius 2 is 1.31 bits per heavy atom. The number of carbonyl (C=O) groups excluding carboxylic acids is 1. The Labute approximate surface area is 313 Å². The maximum Gasteiger partial charge on any atom is 0.331 e. The van der Waals surface area contributed by atoms with Gasteiger partial charge in [0, 0.05) is 6.08 Å². The van der Waals surface area contributed by atoms with Crippen LogP contribution in [0.3, 0.4) is 0 Å². The van der Waals surface area contributed by atoms with Gasteiger partial charge in [0.05, 0.1) is 25.9 Å². The SMILES string of the molecule is C[C@@H]1O[C@H](O[C@H]2[C@H](O)[C@@H](OC(=O)C=Cc3ccc(O)c(O)c3)[C@H](OCCc3ccc(O)c(O)c3)O[C@@H]2CO[C@@H]2O[C@H](CO)[C@@H](O)[C@H](O)[C@H]2O)[C@H](O)[C@H](O)[C@H]1O. The Balaban J connectivity index is 1.41. The van der Waals surface area contributed by atoms with E-state index in [1.54, 1.807) is 0 Å². The molecule has 20 nitrogen and oxygen atoms in total. The number of carbonyl (C=O) groups is 1. The number of phenols is 4. The predicted octanol–water partition coefficient (Wildman–Crippen LogP) is -3.19. The summed E-state index contributed by atoms with van der Waals surface area (Å²) in [5, 5.41) is 123. The number of aliphatic hydroxyl groups excluding tert-OH is 8. The normalized spacial score (nSPS) is 36.9. The molecule has 12 N–H and O–H groups in total. The van der Waals surface area contributed by atoms with Crippen molar-refractivity contribution < 1.29 is 99.2 Å².